The van der Waals surface area contributed by atoms with E-state index in [-0.39, 0.29) is 11.0 Å². The van der Waals surface area contributed by atoms with Crippen LogP contribution in [0.5, 0.6) is 0 Å². The molecule has 1 aromatic carbocycles. The van der Waals surface area contributed by atoms with Crippen LogP contribution in [-0.2, 0) is 20.0 Å². The van der Waals surface area contributed by atoms with Crippen LogP contribution in [0.3, 0.4) is 0 Å². The van der Waals surface area contributed by atoms with E-state index in [0.29, 0.717) is 37.2 Å². The Bertz CT molecular complexity index is 751. The first-order valence-electron chi connectivity index (χ1n) is 8.01. The van der Waals surface area contributed by atoms with E-state index in [1.807, 2.05) is 0 Å². The fourth-order valence-corrected chi connectivity index (χ4v) is 6.45. The lowest BCUT2D eigenvalue weighted by molar-refractivity contribution is 0.574. The summed E-state index contributed by atoms with van der Waals surface area (Å²) in [6.45, 7) is 0.482. The second-order valence-electron chi connectivity index (χ2n) is 6.20. The van der Waals surface area contributed by atoms with Crippen molar-refractivity contribution < 1.29 is 16.8 Å². The van der Waals surface area contributed by atoms with Gasteiger partial charge in [-0.15, -0.1) is 0 Å². The quantitative estimate of drug-likeness (QED) is 0.895. The molecule has 0 radical (unpaired) electrons. The Hall–Kier alpha value is -1.28. The first-order chi connectivity index (χ1) is 10.9. The van der Waals surface area contributed by atoms with Gasteiger partial charge in [0, 0.05) is 12.2 Å². The van der Waals surface area contributed by atoms with Gasteiger partial charge in [0.15, 0.2) is 0 Å². The first kappa shape index (κ1) is 16.6. The summed E-state index contributed by atoms with van der Waals surface area (Å²) < 4.78 is 52.7. The number of hydrogen-bond donors (Lipinski definition) is 1. The summed E-state index contributed by atoms with van der Waals surface area (Å²) in [5, 5.41) is -0.315. The van der Waals surface area contributed by atoms with Gasteiger partial charge in [0.05, 0.1) is 16.7 Å². The van der Waals surface area contributed by atoms with E-state index < -0.39 is 20.0 Å². The largest absolute Gasteiger partial charge is 0.283 e. The van der Waals surface area contributed by atoms with E-state index in [9.17, 15) is 16.8 Å². The fourth-order valence-electron chi connectivity index (χ4n) is 3.22. The number of rotatable bonds is 4. The molecule has 1 heterocycles. The number of benzene rings is 1. The molecule has 8 heteroatoms. The minimum atomic E-state index is -3.36. The maximum absolute atomic E-state index is 12.3. The molecule has 1 aromatic rings. The molecular formula is C15H22N2O4S2. The maximum atomic E-state index is 12.3. The van der Waals surface area contributed by atoms with Crippen LogP contribution < -0.4 is 9.03 Å². The van der Waals surface area contributed by atoms with E-state index in [4.69, 9.17) is 0 Å². The van der Waals surface area contributed by atoms with Crippen LogP contribution in [0.15, 0.2) is 24.3 Å². The summed E-state index contributed by atoms with van der Waals surface area (Å²) in [5.74, 6) is 0.170. The van der Waals surface area contributed by atoms with E-state index in [2.05, 4.69) is 4.72 Å². The molecule has 2 aliphatic rings. The number of sulfonamides is 2. The number of anilines is 2. The Balaban J connectivity index is 1.74. The van der Waals surface area contributed by atoms with Gasteiger partial charge in [-0.05, 0) is 49.9 Å². The maximum Gasteiger partial charge on any atom is 0.235 e. The molecule has 2 fully saturated rings. The highest BCUT2D eigenvalue weighted by Crippen LogP contribution is 2.28. The summed E-state index contributed by atoms with van der Waals surface area (Å²) in [7, 11) is -6.60. The van der Waals surface area contributed by atoms with Gasteiger partial charge in [0.2, 0.25) is 20.0 Å². The molecule has 0 bridgehead atoms. The monoisotopic (exact) mass is 358 g/mol. The molecule has 6 nitrogen and oxygen atoms in total. The van der Waals surface area contributed by atoms with Crippen molar-refractivity contribution in [3.8, 4) is 0 Å². The third-order valence-electron chi connectivity index (χ3n) is 4.51. The number of nitrogens with one attached hydrogen (secondary N) is 1. The van der Waals surface area contributed by atoms with Gasteiger partial charge in [-0.1, -0.05) is 12.8 Å². The minimum Gasteiger partial charge on any atom is -0.283 e. The Morgan fingerprint density at radius 2 is 1.65 bits per heavy atom. The molecule has 1 N–H and O–H groups in total. The van der Waals surface area contributed by atoms with Gasteiger partial charge >= 0.3 is 0 Å². The molecule has 1 aliphatic carbocycles. The van der Waals surface area contributed by atoms with Gasteiger partial charge in [-0.3, -0.25) is 9.03 Å². The number of nitrogens with zero attached hydrogens (tertiary/aromatic N) is 1. The van der Waals surface area contributed by atoms with Crippen molar-refractivity contribution in [1.82, 2.24) is 0 Å². The molecule has 0 unspecified atom stereocenters. The Labute approximate surface area is 138 Å². The van der Waals surface area contributed by atoms with Crippen molar-refractivity contribution in [1.29, 1.82) is 0 Å². The minimum absolute atomic E-state index is 0.170. The molecule has 1 saturated carbocycles. The van der Waals surface area contributed by atoms with Gasteiger partial charge < -0.3 is 0 Å². The van der Waals surface area contributed by atoms with Crippen LogP contribution in [0.25, 0.3) is 0 Å². The first-order valence-corrected chi connectivity index (χ1v) is 11.2. The van der Waals surface area contributed by atoms with Crippen molar-refractivity contribution in [2.45, 2.75) is 43.8 Å². The zero-order chi connectivity index (χ0) is 16.5. The molecule has 128 valence electrons. The van der Waals surface area contributed by atoms with Crippen LogP contribution in [-0.4, -0.2) is 34.4 Å². The van der Waals surface area contributed by atoms with Gasteiger partial charge in [-0.2, -0.15) is 0 Å². The molecule has 3 rings (SSSR count). The van der Waals surface area contributed by atoms with Crippen molar-refractivity contribution in [3.05, 3.63) is 24.3 Å². The van der Waals surface area contributed by atoms with Crippen molar-refractivity contribution in [2.75, 3.05) is 21.3 Å². The van der Waals surface area contributed by atoms with Gasteiger partial charge in [0.25, 0.3) is 0 Å². The molecule has 0 atom stereocenters. The average Bonchev–Trinajstić information content (AvgIpc) is 3.03. The summed E-state index contributed by atoms with van der Waals surface area (Å²) in [5.41, 5.74) is 1.07. The lowest BCUT2D eigenvalue weighted by Crippen LogP contribution is -2.37. The van der Waals surface area contributed by atoms with Crippen LogP contribution in [0, 0.1) is 0 Å². The predicted octanol–water partition coefficient (Wildman–Crippen LogP) is 2.30. The van der Waals surface area contributed by atoms with Crippen LogP contribution in [0.4, 0.5) is 11.4 Å². The lowest BCUT2D eigenvalue weighted by Gasteiger charge is -2.28. The van der Waals surface area contributed by atoms with Crippen molar-refractivity contribution >= 4 is 31.4 Å². The molecule has 1 saturated heterocycles. The normalized spacial score (nSPS) is 22.2. The molecular weight excluding hydrogens is 336 g/mol. The summed E-state index contributed by atoms with van der Waals surface area (Å²) >= 11 is 0. The predicted molar refractivity (Wildman–Crippen MR) is 91.6 cm³/mol. The van der Waals surface area contributed by atoms with E-state index in [0.717, 1.165) is 19.3 Å². The standard InChI is InChI=1S/C15H22N2O4S2/c18-22(19)12-4-3-11-17(22)14-9-7-13(8-10-14)16-23(20,21)15-5-1-2-6-15/h7-10,15-16H,1-6,11-12H2. The van der Waals surface area contributed by atoms with E-state index >= 15 is 0 Å². The van der Waals surface area contributed by atoms with Gasteiger partial charge in [0.1, 0.15) is 0 Å². The Morgan fingerprint density at radius 3 is 2.26 bits per heavy atom. The van der Waals surface area contributed by atoms with E-state index in [1.165, 1.54) is 4.31 Å². The van der Waals surface area contributed by atoms with Crippen LogP contribution in [0.2, 0.25) is 0 Å². The van der Waals surface area contributed by atoms with Crippen LogP contribution >= 0.6 is 0 Å². The fraction of sp³-hybridized carbons (Fsp3) is 0.600. The van der Waals surface area contributed by atoms with Crippen molar-refractivity contribution in [2.24, 2.45) is 0 Å². The second-order valence-corrected chi connectivity index (χ2v) is 10.2. The third-order valence-corrected chi connectivity index (χ3v) is 8.24. The zero-order valence-electron chi connectivity index (χ0n) is 12.9. The van der Waals surface area contributed by atoms with Crippen LogP contribution in [0.1, 0.15) is 38.5 Å². The molecule has 0 aromatic heterocycles. The van der Waals surface area contributed by atoms with Crippen molar-refractivity contribution in [3.63, 3.8) is 0 Å². The highest BCUT2D eigenvalue weighted by molar-refractivity contribution is 7.93. The SMILES string of the molecule is O=S(=O)(Nc1ccc(N2CCCCS2(=O)=O)cc1)C1CCCC1. The highest BCUT2D eigenvalue weighted by Gasteiger charge is 2.29. The summed E-state index contributed by atoms with van der Waals surface area (Å²) in [6.07, 6.45) is 4.86. The lowest BCUT2D eigenvalue weighted by atomic mass is 10.2. The molecule has 23 heavy (non-hydrogen) atoms. The molecule has 0 amide bonds. The molecule has 0 spiro atoms. The summed E-state index contributed by atoms with van der Waals surface area (Å²) in [4.78, 5) is 0. The molecule has 1 aliphatic heterocycles. The van der Waals surface area contributed by atoms with E-state index in [1.54, 1.807) is 24.3 Å². The number of hydrogen-bond acceptors (Lipinski definition) is 4. The highest BCUT2D eigenvalue weighted by atomic mass is 32.2. The smallest absolute Gasteiger partial charge is 0.235 e. The Morgan fingerprint density at radius 1 is 1.00 bits per heavy atom. The topological polar surface area (TPSA) is 83.6 Å². The third kappa shape index (κ3) is 3.63. The average molecular weight is 358 g/mol. The zero-order valence-corrected chi connectivity index (χ0v) is 14.6. The summed E-state index contributed by atoms with van der Waals surface area (Å²) in [6, 6.07) is 6.59. The van der Waals surface area contributed by atoms with Gasteiger partial charge in [-0.25, -0.2) is 16.8 Å². The second kappa shape index (κ2) is 6.32. The Kier molecular flexibility index (Phi) is 4.55.